The Morgan fingerprint density at radius 3 is 2.40 bits per heavy atom. The van der Waals surface area contributed by atoms with Crippen LogP contribution in [0.1, 0.15) is 19.3 Å². The number of fused-ring (bicyclic) bond motifs is 2. The second kappa shape index (κ2) is 2.21. The average molecular weight is 141 g/mol. The molecule has 0 spiro atoms. The first-order valence-electron chi connectivity index (χ1n) is 4.19. The fraction of sp³-hybridized carbons (Fsp3) is 1.00. The van der Waals surface area contributed by atoms with Gasteiger partial charge < -0.3 is 10.8 Å². The standard InChI is InChI=1S/C8H15NO/c9-8-6-2-1-5(3-6)7(8)4-10/h5-8,10H,1-4,9H2/t5-,6+,7+,8+/m0/s1. The topological polar surface area (TPSA) is 46.2 Å². The van der Waals surface area contributed by atoms with E-state index >= 15 is 0 Å². The molecule has 0 aliphatic heterocycles. The lowest BCUT2D eigenvalue weighted by atomic mass is 9.86. The summed E-state index contributed by atoms with van der Waals surface area (Å²) >= 11 is 0. The van der Waals surface area contributed by atoms with E-state index in [0.29, 0.717) is 18.6 Å². The van der Waals surface area contributed by atoms with Crippen LogP contribution in [0.25, 0.3) is 0 Å². The van der Waals surface area contributed by atoms with Gasteiger partial charge in [0, 0.05) is 18.6 Å². The van der Waals surface area contributed by atoms with Gasteiger partial charge in [-0.1, -0.05) is 0 Å². The smallest absolute Gasteiger partial charge is 0.0476 e. The zero-order valence-electron chi connectivity index (χ0n) is 6.16. The molecule has 0 aromatic heterocycles. The van der Waals surface area contributed by atoms with Crippen LogP contribution < -0.4 is 5.73 Å². The van der Waals surface area contributed by atoms with Gasteiger partial charge in [0.2, 0.25) is 0 Å². The maximum Gasteiger partial charge on any atom is 0.0476 e. The van der Waals surface area contributed by atoms with E-state index in [-0.39, 0.29) is 0 Å². The second-order valence-corrected chi connectivity index (χ2v) is 3.76. The van der Waals surface area contributed by atoms with Gasteiger partial charge in [0.25, 0.3) is 0 Å². The molecule has 0 unspecified atom stereocenters. The van der Waals surface area contributed by atoms with E-state index in [1.165, 1.54) is 19.3 Å². The fourth-order valence-electron chi connectivity index (χ4n) is 2.73. The van der Waals surface area contributed by atoms with Crippen molar-refractivity contribution in [2.24, 2.45) is 23.5 Å². The molecule has 4 atom stereocenters. The zero-order valence-corrected chi connectivity index (χ0v) is 6.16. The van der Waals surface area contributed by atoms with Crippen molar-refractivity contribution in [3.8, 4) is 0 Å². The minimum Gasteiger partial charge on any atom is -0.396 e. The van der Waals surface area contributed by atoms with Gasteiger partial charge in [-0.3, -0.25) is 0 Å². The van der Waals surface area contributed by atoms with Crippen molar-refractivity contribution in [3.63, 3.8) is 0 Å². The number of rotatable bonds is 1. The Balaban J connectivity index is 2.10. The monoisotopic (exact) mass is 141 g/mol. The summed E-state index contributed by atoms with van der Waals surface area (Å²) < 4.78 is 0. The number of nitrogens with two attached hydrogens (primary N) is 1. The van der Waals surface area contributed by atoms with Crippen molar-refractivity contribution >= 4 is 0 Å². The van der Waals surface area contributed by atoms with E-state index in [1.807, 2.05) is 0 Å². The molecule has 2 aliphatic rings. The van der Waals surface area contributed by atoms with Gasteiger partial charge in [-0.2, -0.15) is 0 Å². The van der Waals surface area contributed by atoms with E-state index < -0.39 is 0 Å². The van der Waals surface area contributed by atoms with Crippen LogP contribution in [0, 0.1) is 17.8 Å². The number of aliphatic hydroxyl groups excluding tert-OH is 1. The highest BCUT2D eigenvalue weighted by Crippen LogP contribution is 2.47. The predicted molar refractivity (Wildman–Crippen MR) is 39.4 cm³/mol. The number of hydrogen-bond acceptors (Lipinski definition) is 2. The Kier molecular flexibility index (Phi) is 1.46. The van der Waals surface area contributed by atoms with Gasteiger partial charge >= 0.3 is 0 Å². The summed E-state index contributed by atoms with van der Waals surface area (Å²) in [6.07, 6.45) is 3.90. The highest BCUT2D eigenvalue weighted by atomic mass is 16.3. The molecule has 0 radical (unpaired) electrons. The molecule has 0 aromatic rings. The molecule has 58 valence electrons. The van der Waals surface area contributed by atoms with E-state index in [9.17, 15) is 0 Å². The van der Waals surface area contributed by atoms with Crippen LogP contribution in [0.4, 0.5) is 0 Å². The summed E-state index contributed by atoms with van der Waals surface area (Å²) in [6, 6.07) is 0.309. The molecule has 2 aliphatic carbocycles. The van der Waals surface area contributed by atoms with Crippen LogP contribution in [0.15, 0.2) is 0 Å². The maximum absolute atomic E-state index is 8.98. The molecule has 2 saturated carbocycles. The first-order chi connectivity index (χ1) is 4.83. The molecular formula is C8H15NO. The summed E-state index contributed by atoms with van der Waals surface area (Å²) in [7, 11) is 0. The summed E-state index contributed by atoms with van der Waals surface area (Å²) in [4.78, 5) is 0. The van der Waals surface area contributed by atoms with Gasteiger partial charge in [0.05, 0.1) is 0 Å². The molecule has 2 rings (SSSR count). The Hall–Kier alpha value is -0.0800. The zero-order chi connectivity index (χ0) is 7.14. The van der Waals surface area contributed by atoms with E-state index in [4.69, 9.17) is 10.8 Å². The molecule has 2 nitrogen and oxygen atoms in total. The van der Waals surface area contributed by atoms with E-state index in [1.54, 1.807) is 0 Å². The highest BCUT2D eigenvalue weighted by Gasteiger charge is 2.44. The van der Waals surface area contributed by atoms with E-state index in [0.717, 1.165) is 11.8 Å². The molecular weight excluding hydrogens is 126 g/mol. The third kappa shape index (κ3) is 0.722. The lowest BCUT2D eigenvalue weighted by molar-refractivity contribution is 0.159. The SMILES string of the molecule is N[C@@H]1[C@@H]2CC[C@@H](C2)[C@H]1CO. The molecule has 10 heavy (non-hydrogen) atoms. The quantitative estimate of drug-likeness (QED) is 0.553. The summed E-state index contributed by atoms with van der Waals surface area (Å²) in [5.74, 6) is 1.92. The van der Waals surface area contributed by atoms with Crippen LogP contribution in [-0.2, 0) is 0 Å². The number of aliphatic hydroxyl groups is 1. The summed E-state index contributed by atoms with van der Waals surface area (Å²) in [5, 5.41) is 8.98. The summed E-state index contributed by atoms with van der Waals surface area (Å²) in [6.45, 7) is 0.308. The number of hydrogen-bond donors (Lipinski definition) is 2. The lowest BCUT2D eigenvalue weighted by Gasteiger charge is -2.25. The second-order valence-electron chi connectivity index (χ2n) is 3.76. The van der Waals surface area contributed by atoms with Crippen molar-refractivity contribution in [1.82, 2.24) is 0 Å². The lowest BCUT2D eigenvalue weighted by Crippen LogP contribution is -2.37. The largest absolute Gasteiger partial charge is 0.396 e. The minimum absolute atomic E-state index is 0.308. The van der Waals surface area contributed by atoms with Crippen molar-refractivity contribution in [2.45, 2.75) is 25.3 Å². The Bertz CT molecular complexity index is 135. The van der Waals surface area contributed by atoms with Gasteiger partial charge in [0.1, 0.15) is 0 Å². The van der Waals surface area contributed by atoms with Crippen LogP contribution in [0.5, 0.6) is 0 Å². The molecule has 0 aromatic carbocycles. The van der Waals surface area contributed by atoms with Crippen LogP contribution in [0.3, 0.4) is 0 Å². The third-order valence-corrected chi connectivity index (χ3v) is 3.37. The molecule has 0 heterocycles. The molecule has 2 fully saturated rings. The van der Waals surface area contributed by atoms with Gasteiger partial charge in [-0.15, -0.1) is 0 Å². The molecule has 2 heteroatoms. The Morgan fingerprint density at radius 2 is 2.00 bits per heavy atom. The normalized spacial score (nSPS) is 52.2. The minimum atomic E-state index is 0.308. The van der Waals surface area contributed by atoms with Gasteiger partial charge in [-0.05, 0) is 31.1 Å². The van der Waals surface area contributed by atoms with Crippen molar-refractivity contribution in [1.29, 1.82) is 0 Å². The fourth-order valence-corrected chi connectivity index (χ4v) is 2.73. The first kappa shape index (κ1) is 6.62. The first-order valence-corrected chi connectivity index (χ1v) is 4.19. The van der Waals surface area contributed by atoms with Crippen molar-refractivity contribution in [3.05, 3.63) is 0 Å². The van der Waals surface area contributed by atoms with Gasteiger partial charge in [-0.25, -0.2) is 0 Å². The molecule has 0 saturated heterocycles. The van der Waals surface area contributed by atoms with Crippen molar-refractivity contribution in [2.75, 3.05) is 6.61 Å². The van der Waals surface area contributed by atoms with Crippen LogP contribution in [-0.4, -0.2) is 17.8 Å². The van der Waals surface area contributed by atoms with Gasteiger partial charge in [0.15, 0.2) is 0 Å². The Morgan fingerprint density at radius 1 is 1.30 bits per heavy atom. The third-order valence-electron chi connectivity index (χ3n) is 3.37. The predicted octanol–water partition coefficient (Wildman–Crippen LogP) is 0.352. The van der Waals surface area contributed by atoms with E-state index in [2.05, 4.69) is 0 Å². The molecule has 0 amide bonds. The molecule has 2 bridgehead atoms. The average Bonchev–Trinajstić information content (AvgIpc) is 2.46. The maximum atomic E-state index is 8.98. The van der Waals surface area contributed by atoms with Crippen molar-refractivity contribution < 1.29 is 5.11 Å². The Labute approximate surface area is 61.4 Å². The molecule has 3 N–H and O–H groups in total. The van der Waals surface area contributed by atoms with Crippen LogP contribution in [0.2, 0.25) is 0 Å². The highest BCUT2D eigenvalue weighted by molar-refractivity contribution is 4.98. The summed E-state index contributed by atoms with van der Waals surface area (Å²) in [5.41, 5.74) is 5.91. The van der Waals surface area contributed by atoms with Crippen LogP contribution >= 0.6 is 0 Å².